The zero-order chi connectivity index (χ0) is 19.1. The van der Waals surface area contributed by atoms with Gasteiger partial charge in [0.25, 0.3) is 5.56 Å². The largest absolute Gasteiger partial charge is 0.369 e. The maximum atomic E-state index is 13.1. The molecule has 3 aromatic rings. The SMILES string of the molecule is Cn1c(=O)c2[nH]c(CN3CCN(c4ccc(F)cc4)CC3)nc2n(C)c1=O. The summed E-state index contributed by atoms with van der Waals surface area (Å²) in [6.45, 7) is 3.87. The second-order valence-corrected chi connectivity index (χ2v) is 6.83. The third kappa shape index (κ3) is 3.14. The Hall–Kier alpha value is -2.94. The van der Waals surface area contributed by atoms with Gasteiger partial charge in [-0.3, -0.25) is 18.8 Å². The number of H-pyrrole nitrogens is 1. The molecule has 4 rings (SSSR count). The maximum Gasteiger partial charge on any atom is 0.332 e. The zero-order valence-electron chi connectivity index (χ0n) is 15.3. The molecular formula is C18H21FN6O2. The first-order valence-corrected chi connectivity index (χ1v) is 8.81. The molecule has 1 aromatic carbocycles. The zero-order valence-corrected chi connectivity index (χ0v) is 15.3. The number of halogens is 1. The fourth-order valence-corrected chi connectivity index (χ4v) is 3.48. The van der Waals surface area contributed by atoms with Crippen LogP contribution < -0.4 is 16.1 Å². The molecule has 1 saturated heterocycles. The second-order valence-electron chi connectivity index (χ2n) is 6.83. The number of nitrogens with one attached hydrogen (secondary N) is 1. The van der Waals surface area contributed by atoms with Gasteiger partial charge >= 0.3 is 5.69 Å². The number of hydrogen-bond acceptors (Lipinski definition) is 5. The fraction of sp³-hybridized carbons (Fsp3) is 0.389. The molecule has 0 radical (unpaired) electrons. The highest BCUT2D eigenvalue weighted by Crippen LogP contribution is 2.17. The quantitative estimate of drug-likeness (QED) is 0.721. The van der Waals surface area contributed by atoms with Crippen LogP contribution in [0.5, 0.6) is 0 Å². The number of nitrogens with zero attached hydrogens (tertiary/aromatic N) is 5. The molecule has 1 aliphatic heterocycles. The van der Waals surface area contributed by atoms with Gasteiger partial charge < -0.3 is 9.88 Å². The van der Waals surface area contributed by atoms with Crippen molar-refractivity contribution in [2.75, 3.05) is 31.1 Å². The number of anilines is 1. The number of aromatic nitrogens is 4. The van der Waals surface area contributed by atoms with Crippen molar-refractivity contribution in [2.24, 2.45) is 14.1 Å². The number of rotatable bonds is 3. The van der Waals surface area contributed by atoms with Gasteiger partial charge in [-0.2, -0.15) is 0 Å². The lowest BCUT2D eigenvalue weighted by Gasteiger charge is -2.35. The number of piperazine rings is 1. The lowest BCUT2D eigenvalue weighted by atomic mass is 10.2. The Morgan fingerprint density at radius 2 is 1.70 bits per heavy atom. The molecule has 0 unspecified atom stereocenters. The average Bonchev–Trinajstić information content (AvgIpc) is 3.10. The summed E-state index contributed by atoms with van der Waals surface area (Å²) in [5, 5.41) is 0. The normalized spacial score (nSPS) is 15.6. The summed E-state index contributed by atoms with van der Waals surface area (Å²) in [7, 11) is 3.06. The van der Waals surface area contributed by atoms with Gasteiger partial charge in [-0.25, -0.2) is 14.2 Å². The van der Waals surface area contributed by atoms with Gasteiger partial charge in [0.15, 0.2) is 5.65 Å². The van der Waals surface area contributed by atoms with E-state index in [-0.39, 0.29) is 11.4 Å². The summed E-state index contributed by atoms with van der Waals surface area (Å²) < 4.78 is 15.5. The van der Waals surface area contributed by atoms with Gasteiger partial charge in [-0.15, -0.1) is 0 Å². The summed E-state index contributed by atoms with van der Waals surface area (Å²) in [4.78, 5) is 36.3. The molecule has 2 aromatic heterocycles. The van der Waals surface area contributed by atoms with Crippen LogP contribution in [0.15, 0.2) is 33.9 Å². The molecule has 0 atom stereocenters. The number of benzene rings is 1. The Kier molecular flexibility index (Phi) is 4.31. The molecule has 0 amide bonds. The van der Waals surface area contributed by atoms with E-state index in [0.717, 1.165) is 36.4 Å². The molecule has 0 spiro atoms. The van der Waals surface area contributed by atoms with Crippen LogP contribution in [0.3, 0.4) is 0 Å². The molecule has 142 valence electrons. The third-order valence-electron chi connectivity index (χ3n) is 5.08. The highest BCUT2D eigenvalue weighted by atomic mass is 19.1. The Morgan fingerprint density at radius 1 is 1.04 bits per heavy atom. The van der Waals surface area contributed by atoms with Crippen molar-refractivity contribution >= 4 is 16.9 Å². The highest BCUT2D eigenvalue weighted by Gasteiger charge is 2.20. The van der Waals surface area contributed by atoms with Crippen molar-refractivity contribution in [3.8, 4) is 0 Å². The summed E-state index contributed by atoms with van der Waals surface area (Å²) in [6, 6.07) is 6.53. The topological polar surface area (TPSA) is 79.2 Å². The number of imidazole rings is 1. The van der Waals surface area contributed by atoms with E-state index in [4.69, 9.17) is 0 Å². The molecule has 27 heavy (non-hydrogen) atoms. The molecule has 8 nitrogen and oxygen atoms in total. The van der Waals surface area contributed by atoms with E-state index in [1.54, 1.807) is 19.2 Å². The summed E-state index contributed by atoms with van der Waals surface area (Å²) in [5.41, 5.74) is 0.979. The van der Waals surface area contributed by atoms with Gasteiger partial charge in [0.1, 0.15) is 17.2 Å². The second kappa shape index (κ2) is 6.66. The van der Waals surface area contributed by atoms with Crippen molar-refractivity contribution in [3.63, 3.8) is 0 Å². The predicted octanol–water partition coefficient (Wildman–Crippen LogP) is 0.422. The first-order valence-electron chi connectivity index (χ1n) is 8.81. The van der Waals surface area contributed by atoms with Crippen LogP contribution in [0.4, 0.5) is 10.1 Å². The van der Waals surface area contributed by atoms with Crippen molar-refractivity contribution in [2.45, 2.75) is 6.54 Å². The van der Waals surface area contributed by atoms with E-state index in [0.29, 0.717) is 23.5 Å². The Morgan fingerprint density at radius 3 is 2.37 bits per heavy atom. The van der Waals surface area contributed by atoms with Crippen molar-refractivity contribution in [3.05, 3.63) is 56.7 Å². The molecule has 0 bridgehead atoms. The number of fused-ring (bicyclic) bond motifs is 1. The maximum absolute atomic E-state index is 13.1. The van der Waals surface area contributed by atoms with E-state index in [9.17, 15) is 14.0 Å². The van der Waals surface area contributed by atoms with Gasteiger partial charge in [0.05, 0.1) is 6.54 Å². The molecule has 0 saturated carbocycles. The van der Waals surface area contributed by atoms with Gasteiger partial charge in [-0.05, 0) is 24.3 Å². The Balaban J connectivity index is 1.49. The third-order valence-corrected chi connectivity index (χ3v) is 5.08. The Bertz CT molecular complexity index is 1090. The van der Waals surface area contributed by atoms with Crippen LogP contribution in [0.2, 0.25) is 0 Å². The minimum atomic E-state index is -0.390. The first kappa shape index (κ1) is 17.5. The van der Waals surface area contributed by atoms with E-state index in [1.165, 1.54) is 23.7 Å². The van der Waals surface area contributed by atoms with Gasteiger partial charge in [0.2, 0.25) is 0 Å². The minimum Gasteiger partial charge on any atom is -0.369 e. The van der Waals surface area contributed by atoms with E-state index < -0.39 is 5.69 Å². The van der Waals surface area contributed by atoms with Crippen LogP contribution in [0, 0.1) is 5.82 Å². The van der Waals surface area contributed by atoms with Crippen molar-refractivity contribution in [1.29, 1.82) is 0 Å². The summed E-state index contributed by atoms with van der Waals surface area (Å²) in [6.07, 6.45) is 0. The fourth-order valence-electron chi connectivity index (χ4n) is 3.48. The molecule has 0 aliphatic carbocycles. The lowest BCUT2D eigenvalue weighted by Crippen LogP contribution is -2.46. The van der Waals surface area contributed by atoms with Crippen LogP contribution >= 0.6 is 0 Å². The molecule has 9 heteroatoms. The molecule has 3 heterocycles. The molecular weight excluding hydrogens is 351 g/mol. The van der Waals surface area contributed by atoms with E-state index in [2.05, 4.69) is 19.8 Å². The predicted molar refractivity (Wildman–Crippen MR) is 100 cm³/mol. The van der Waals surface area contributed by atoms with Crippen LogP contribution in [0.1, 0.15) is 5.82 Å². The number of aromatic amines is 1. The lowest BCUT2D eigenvalue weighted by molar-refractivity contribution is 0.245. The average molecular weight is 372 g/mol. The van der Waals surface area contributed by atoms with Crippen molar-refractivity contribution < 1.29 is 4.39 Å². The van der Waals surface area contributed by atoms with Gasteiger partial charge in [0, 0.05) is 46.0 Å². The first-order chi connectivity index (χ1) is 12.9. The van der Waals surface area contributed by atoms with Crippen molar-refractivity contribution in [1.82, 2.24) is 24.0 Å². The van der Waals surface area contributed by atoms with E-state index in [1.807, 2.05) is 0 Å². The van der Waals surface area contributed by atoms with Gasteiger partial charge in [-0.1, -0.05) is 0 Å². The number of aryl methyl sites for hydroxylation is 1. The smallest absolute Gasteiger partial charge is 0.332 e. The van der Waals surface area contributed by atoms with Crippen LogP contribution in [-0.4, -0.2) is 50.2 Å². The monoisotopic (exact) mass is 372 g/mol. The summed E-state index contributed by atoms with van der Waals surface area (Å²) >= 11 is 0. The molecule has 1 aliphatic rings. The molecule has 1 N–H and O–H groups in total. The number of hydrogen-bond donors (Lipinski definition) is 1. The minimum absolute atomic E-state index is 0.234. The highest BCUT2D eigenvalue weighted by molar-refractivity contribution is 5.69. The van der Waals surface area contributed by atoms with Crippen LogP contribution in [0.25, 0.3) is 11.2 Å². The summed E-state index contributed by atoms with van der Waals surface area (Å²) in [5.74, 6) is 0.432. The standard InChI is InChI=1S/C18H21FN6O2/c1-22-16-15(17(26)23(2)18(22)27)20-14(21-16)11-24-7-9-25(10-8-24)13-5-3-12(19)4-6-13/h3-6H,7-11H2,1-2H3,(H,20,21). The van der Waals surface area contributed by atoms with Crippen LogP contribution in [-0.2, 0) is 20.6 Å². The van der Waals surface area contributed by atoms with E-state index >= 15 is 0 Å². The molecule has 1 fully saturated rings. The Labute approximate surface area is 154 Å².